The fourth-order valence-corrected chi connectivity index (χ4v) is 2.94. The van der Waals surface area contributed by atoms with Gasteiger partial charge in [0, 0.05) is 19.3 Å². The van der Waals surface area contributed by atoms with Crippen LogP contribution < -0.4 is 0 Å². The molecule has 0 aliphatic heterocycles. The number of pyridine rings is 1. The first kappa shape index (κ1) is 14.6. The smallest absolute Gasteiger partial charge is 0.244 e. The summed E-state index contributed by atoms with van der Waals surface area (Å²) in [5.41, 5.74) is 0.207. The molecule has 98 valence electrons. The normalized spacial score (nSPS) is 13.3. The second kappa shape index (κ2) is 5.94. The molecule has 6 heteroatoms. The molecule has 1 aromatic heterocycles. The van der Waals surface area contributed by atoms with Gasteiger partial charge in [0.1, 0.15) is 16.7 Å². The number of hydrogen-bond donors (Lipinski definition) is 0. The van der Waals surface area contributed by atoms with Crippen molar-refractivity contribution < 1.29 is 8.42 Å². The SMILES string of the molecule is CCCC(C)N(C)S(=O)(=O)c1ccc(C#N)nc1. The van der Waals surface area contributed by atoms with Gasteiger partial charge < -0.3 is 0 Å². The van der Waals surface area contributed by atoms with Crippen molar-refractivity contribution in [1.82, 2.24) is 9.29 Å². The van der Waals surface area contributed by atoms with E-state index in [-0.39, 0.29) is 16.6 Å². The summed E-state index contributed by atoms with van der Waals surface area (Å²) in [6, 6.07) is 4.62. The first-order chi connectivity index (χ1) is 8.43. The highest BCUT2D eigenvalue weighted by molar-refractivity contribution is 7.89. The van der Waals surface area contributed by atoms with E-state index in [1.54, 1.807) is 7.05 Å². The summed E-state index contributed by atoms with van der Waals surface area (Å²) in [7, 11) is -1.96. The van der Waals surface area contributed by atoms with E-state index in [0.29, 0.717) is 0 Å². The Labute approximate surface area is 108 Å². The maximum atomic E-state index is 12.3. The number of nitrogens with zero attached hydrogens (tertiary/aromatic N) is 3. The van der Waals surface area contributed by atoms with Crippen LogP contribution in [0.4, 0.5) is 0 Å². The first-order valence-electron chi connectivity index (χ1n) is 5.77. The van der Waals surface area contributed by atoms with Crippen LogP contribution in [0.5, 0.6) is 0 Å². The molecule has 5 nitrogen and oxygen atoms in total. The fourth-order valence-electron chi connectivity index (χ4n) is 1.60. The quantitative estimate of drug-likeness (QED) is 0.814. The Hall–Kier alpha value is -1.45. The van der Waals surface area contributed by atoms with E-state index in [4.69, 9.17) is 5.26 Å². The minimum Gasteiger partial charge on any atom is -0.244 e. The number of nitriles is 1. The molecule has 1 atom stereocenters. The standard InChI is InChI=1S/C12H17N3O2S/c1-4-5-10(2)15(3)18(16,17)12-7-6-11(8-13)14-9-12/h6-7,9-10H,4-5H2,1-3H3. The Morgan fingerprint density at radius 1 is 1.50 bits per heavy atom. The van der Waals surface area contributed by atoms with Crippen LogP contribution in [0.3, 0.4) is 0 Å². The Morgan fingerprint density at radius 3 is 2.61 bits per heavy atom. The van der Waals surface area contributed by atoms with E-state index in [1.807, 2.05) is 19.9 Å². The molecule has 1 rings (SSSR count). The molecule has 0 saturated carbocycles. The second-order valence-electron chi connectivity index (χ2n) is 4.15. The molecular weight excluding hydrogens is 250 g/mol. The molecular formula is C12H17N3O2S. The van der Waals surface area contributed by atoms with Gasteiger partial charge in [-0.15, -0.1) is 0 Å². The molecule has 0 N–H and O–H groups in total. The number of hydrogen-bond acceptors (Lipinski definition) is 4. The van der Waals surface area contributed by atoms with Gasteiger partial charge in [0.05, 0.1) is 0 Å². The average molecular weight is 267 g/mol. The minimum absolute atomic E-state index is 0.0596. The summed E-state index contributed by atoms with van der Waals surface area (Å²) in [4.78, 5) is 3.90. The molecule has 0 radical (unpaired) electrons. The Morgan fingerprint density at radius 2 is 2.17 bits per heavy atom. The van der Waals surface area contributed by atoms with Crippen molar-refractivity contribution in [3.63, 3.8) is 0 Å². The third kappa shape index (κ3) is 3.06. The molecule has 0 aliphatic rings. The summed E-state index contributed by atoms with van der Waals surface area (Å²) in [6.07, 6.45) is 2.95. The van der Waals surface area contributed by atoms with E-state index in [1.165, 1.54) is 22.6 Å². The van der Waals surface area contributed by atoms with Gasteiger partial charge in [-0.1, -0.05) is 13.3 Å². The lowest BCUT2D eigenvalue weighted by Crippen LogP contribution is -2.35. The van der Waals surface area contributed by atoms with Crippen molar-refractivity contribution in [2.75, 3.05) is 7.05 Å². The van der Waals surface area contributed by atoms with E-state index in [2.05, 4.69) is 4.98 Å². The van der Waals surface area contributed by atoms with E-state index in [9.17, 15) is 8.42 Å². The number of aromatic nitrogens is 1. The van der Waals surface area contributed by atoms with E-state index in [0.717, 1.165) is 12.8 Å². The zero-order chi connectivity index (χ0) is 13.8. The van der Waals surface area contributed by atoms with Gasteiger partial charge >= 0.3 is 0 Å². The maximum Gasteiger partial charge on any atom is 0.244 e. The van der Waals surface area contributed by atoms with Crippen LogP contribution in [0.25, 0.3) is 0 Å². The zero-order valence-electron chi connectivity index (χ0n) is 10.8. The summed E-state index contributed by atoms with van der Waals surface area (Å²) in [6.45, 7) is 3.89. The van der Waals surface area contributed by atoms with Gasteiger partial charge in [-0.3, -0.25) is 0 Å². The fraction of sp³-hybridized carbons (Fsp3) is 0.500. The van der Waals surface area contributed by atoms with Crippen LogP contribution in [0.15, 0.2) is 23.2 Å². The lowest BCUT2D eigenvalue weighted by Gasteiger charge is -2.23. The molecule has 0 aliphatic carbocycles. The molecule has 18 heavy (non-hydrogen) atoms. The first-order valence-corrected chi connectivity index (χ1v) is 7.21. The summed E-state index contributed by atoms with van der Waals surface area (Å²) >= 11 is 0. The number of rotatable bonds is 5. The molecule has 0 aromatic carbocycles. The summed E-state index contributed by atoms with van der Waals surface area (Å²) < 4.78 is 25.8. The predicted molar refractivity (Wildman–Crippen MR) is 68.3 cm³/mol. The second-order valence-corrected chi connectivity index (χ2v) is 6.15. The lowest BCUT2D eigenvalue weighted by molar-refractivity contribution is 0.368. The van der Waals surface area contributed by atoms with Crippen molar-refractivity contribution >= 4 is 10.0 Å². The summed E-state index contributed by atoms with van der Waals surface area (Å²) in [5, 5.41) is 8.63. The predicted octanol–water partition coefficient (Wildman–Crippen LogP) is 1.76. The molecule has 0 amide bonds. The number of sulfonamides is 1. The average Bonchev–Trinajstić information content (AvgIpc) is 2.38. The van der Waals surface area contributed by atoms with Crippen molar-refractivity contribution in [2.24, 2.45) is 0 Å². The van der Waals surface area contributed by atoms with Crippen molar-refractivity contribution in [3.8, 4) is 6.07 Å². The van der Waals surface area contributed by atoms with Crippen LogP contribution in [0.2, 0.25) is 0 Å². The molecule has 1 heterocycles. The van der Waals surface area contributed by atoms with Crippen LogP contribution in [0, 0.1) is 11.3 Å². The third-order valence-corrected chi connectivity index (χ3v) is 4.81. The highest BCUT2D eigenvalue weighted by Crippen LogP contribution is 2.17. The largest absolute Gasteiger partial charge is 0.244 e. The molecule has 0 spiro atoms. The molecule has 0 bridgehead atoms. The molecule has 1 aromatic rings. The molecule has 0 fully saturated rings. The van der Waals surface area contributed by atoms with Gasteiger partial charge in [-0.2, -0.15) is 9.57 Å². The van der Waals surface area contributed by atoms with Gasteiger partial charge in [-0.05, 0) is 25.5 Å². The Bertz CT molecular complexity index is 531. The highest BCUT2D eigenvalue weighted by Gasteiger charge is 2.25. The van der Waals surface area contributed by atoms with E-state index >= 15 is 0 Å². The topological polar surface area (TPSA) is 74.1 Å². The molecule has 0 saturated heterocycles. The van der Waals surface area contributed by atoms with Gasteiger partial charge in [0.2, 0.25) is 10.0 Å². The van der Waals surface area contributed by atoms with Crippen molar-refractivity contribution in [3.05, 3.63) is 24.0 Å². The molecule has 1 unspecified atom stereocenters. The zero-order valence-corrected chi connectivity index (χ0v) is 11.6. The van der Waals surface area contributed by atoms with E-state index < -0.39 is 10.0 Å². The monoisotopic (exact) mass is 267 g/mol. The van der Waals surface area contributed by atoms with Gasteiger partial charge in [0.25, 0.3) is 0 Å². The van der Waals surface area contributed by atoms with Crippen LogP contribution in [-0.2, 0) is 10.0 Å². The van der Waals surface area contributed by atoms with Crippen molar-refractivity contribution in [1.29, 1.82) is 5.26 Å². The van der Waals surface area contributed by atoms with Gasteiger partial charge in [-0.25, -0.2) is 13.4 Å². The summed E-state index contributed by atoms with van der Waals surface area (Å²) in [5.74, 6) is 0. The Balaban J connectivity index is 3.02. The highest BCUT2D eigenvalue weighted by atomic mass is 32.2. The third-order valence-electron chi connectivity index (χ3n) is 2.86. The van der Waals surface area contributed by atoms with Gasteiger partial charge in [0.15, 0.2) is 0 Å². The van der Waals surface area contributed by atoms with Crippen molar-refractivity contribution in [2.45, 2.75) is 37.6 Å². The van der Waals surface area contributed by atoms with Crippen LogP contribution in [-0.4, -0.2) is 30.8 Å². The van der Waals surface area contributed by atoms with Crippen LogP contribution in [0.1, 0.15) is 32.4 Å². The minimum atomic E-state index is -3.52. The lowest BCUT2D eigenvalue weighted by atomic mass is 10.2. The maximum absolute atomic E-state index is 12.3. The Kier molecular flexibility index (Phi) is 4.82. The van der Waals surface area contributed by atoms with Crippen LogP contribution >= 0.6 is 0 Å².